The van der Waals surface area contributed by atoms with Gasteiger partial charge in [-0.25, -0.2) is 4.57 Å². The van der Waals surface area contributed by atoms with Gasteiger partial charge in [-0.15, -0.1) is 0 Å². The quantitative estimate of drug-likeness (QED) is 0.674. The first-order valence-corrected chi connectivity index (χ1v) is 5.96. The lowest BCUT2D eigenvalue weighted by Gasteiger charge is -2.06. The molecular formula is C9H11O6P. The summed E-state index contributed by atoms with van der Waals surface area (Å²) in [6, 6.07) is 5.90. The number of rotatable bonds is 5. The number of carboxylic acids is 1. The second-order valence-corrected chi connectivity index (χ2v) is 4.28. The lowest BCUT2D eigenvalue weighted by molar-refractivity contribution is -0.136. The largest absolute Gasteiger partial charge is 0.524 e. The van der Waals surface area contributed by atoms with Crippen LogP contribution < -0.4 is 4.52 Å². The summed E-state index contributed by atoms with van der Waals surface area (Å²) in [5.41, 5.74) is 0.764. The Bertz CT molecular complexity index is 407. The lowest BCUT2D eigenvalue weighted by Crippen LogP contribution is -1.97. The van der Waals surface area contributed by atoms with Gasteiger partial charge in [0, 0.05) is 6.42 Å². The van der Waals surface area contributed by atoms with E-state index < -0.39 is 13.8 Å². The zero-order chi connectivity index (χ0) is 12.2. The molecule has 0 aromatic heterocycles. The Hall–Kier alpha value is -1.36. The molecule has 1 rings (SSSR count). The number of hydrogen-bond acceptors (Lipinski definition) is 3. The van der Waals surface area contributed by atoms with Crippen molar-refractivity contribution in [2.45, 2.75) is 12.8 Å². The van der Waals surface area contributed by atoms with Gasteiger partial charge in [0.2, 0.25) is 0 Å². The first kappa shape index (κ1) is 12.7. The van der Waals surface area contributed by atoms with E-state index in [-0.39, 0.29) is 12.2 Å². The van der Waals surface area contributed by atoms with Crippen LogP contribution in [0.2, 0.25) is 0 Å². The first-order valence-electron chi connectivity index (χ1n) is 4.43. The van der Waals surface area contributed by atoms with Gasteiger partial charge in [-0.1, -0.05) is 12.1 Å². The van der Waals surface area contributed by atoms with E-state index in [1.165, 1.54) is 12.1 Å². The highest BCUT2D eigenvalue weighted by molar-refractivity contribution is 7.46. The molecule has 0 aliphatic rings. The molecule has 0 heterocycles. The molecule has 1 aromatic rings. The molecule has 0 saturated heterocycles. The molecule has 0 radical (unpaired) electrons. The zero-order valence-corrected chi connectivity index (χ0v) is 9.13. The molecule has 6 nitrogen and oxygen atoms in total. The van der Waals surface area contributed by atoms with Crippen LogP contribution in [0.1, 0.15) is 12.0 Å². The number of benzene rings is 1. The predicted molar refractivity (Wildman–Crippen MR) is 55.1 cm³/mol. The van der Waals surface area contributed by atoms with Crippen LogP contribution in [-0.4, -0.2) is 20.9 Å². The SMILES string of the molecule is O=C(O)CCc1ccc(OP(=O)(O)O)cc1. The number of carboxylic acid groups (broad SMARTS) is 1. The van der Waals surface area contributed by atoms with E-state index in [0.717, 1.165) is 5.56 Å². The molecule has 3 N–H and O–H groups in total. The Morgan fingerprint density at radius 2 is 1.81 bits per heavy atom. The fourth-order valence-corrected chi connectivity index (χ4v) is 1.50. The molecule has 0 atom stereocenters. The molecule has 0 spiro atoms. The van der Waals surface area contributed by atoms with Gasteiger partial charge in [0.25, 0.3) is 0 Å². The lowest BCUT2D eigenvalue weighted by atomic mass is 10.1. The average Bonchev–Trinajstić information content (AvgIpc) is 2.14. The maximum absolute atomic E-state index is 10.5. The van der Waals surface area contributed by atoms with Crippen molar-refractivity contribution >= 4 is 13.8 Å². The van der Waals surface area contributed by atoms with E-state index >= 15 is 0 Å². The highest BCUT2D eigenvalue weighted by Crippen LogP contribution is 2.37. The van der Waals surface area contributed by atoms with E-state index in [0.29, 0.717) is 6.42 Å². The van der Waals surface area contributed by atoms with Crippen LogP contribution in [0.15, 0.2) is 24.3 Å². The topological polar surface area (TPSA) is 104 Å². The van der Waals surface area contributed by atoms with Crippen molar-refractivity contribution in [1.82, 2.24) is 0 Å². The van der Waals surface area contributed by atoms with Gasteiger partial charge < -0.3 is 9.63 Å². The predicted octanol–water partition coefficient (Wildman–Crippen LogP) is 1.18. The Balaban J connectivity index is 2.61. The van der Waals surface area contributed by atoms with E-state index in [1.54, 1.807) is 12.1 Å². The molecule has 0 amide bonds. The molecule has 0 bridgehead atoms. The Morgan fingerprint density at radius 3 is 2.25 bits per heavy atom. The minimum absolute atomic E-state index is 0.0126. The van der Waals surface area contributed by atoms with Crippen molar-refractivity contribution in [3.63, 3.8) is 0 Å². The Morgan fingerprint density at radius 1 is 1.25 bits per heavy atom. The van der Waals surface area contributed by atoms with Gasteiger partial charge in [0.15, 0.2) is 0 Å². The molecule has 16 heavy (non-hydrogen) atoms. The second kappa shape index (κ2) is 5.12. The second-order valence-electron chi connectivity index (χ2n) is 3.12. The standard InChI is InChI=1S/C9H11O6P/c10-9(11)6-3-7-1-4-8(5-2-7)15-16(12,13)14/h1-2,4-5H,3,6H2,(H,10,11)(H2,12,13,14). The zero-order valence-electron chi connectivity index (χ0n) is 8.24. The van der Waals surface area contributed by atoms with Crippen LogP contribution in [0.25, 0.3) is 0 Å². The average molecular weight is 246 g/mol. The summed E-state index contributed by atoms with van der Waals surface area (Å²) in [7, 11) is -4.53. The van der Waals surface area contributed by atoms with E-state index in [9.17, 15) is 9.36 Å². The van der Waals surface area contributed by atoms with Gasteiger partial charge in [-0.3, -0.25) is 14.6 Å². The molecule has 0 aliphatic heterocycles. The van der Waals surface area contributed by atoms with E-state index in [2.05, 4.69) is 4.52 Å². The summed E-state index contributed by atoms with van der Waals surface area (Å²) in [6.07, 6.45) is 0.379. The number of aliphatic carboxylic acids is 1. The van der Waals surface area contributed by atoms with Gasteiger partial charge in [-0.05, 0) is 24.1 Å². The maximum atomic E-state index is 10.5. The van der Waals surface area contributed by atoms with Crippen molar-refractivity contribution < 1.29 is 28.8 Å². The third-order valence-electron chi connectivity index (χ3n) is 1.78. The summed E-state index contributed by atoms with van der Waals surface area (Å²) in [5, 5.41) is 8.45. The fourth-order valence-electron chi connectivity index (χ4n) is 1.11. The van der Waals surface area contributed by atoms with Gasteiger partial charge >= 0.3 is 13.8 Å². The fraction of sp³-hybridized carbons (Fsp3) is 0.222. The monoisotopic (exact) mass is 246 g/mol. The summed E-state index contributed by atoms with van der Waals surface area (Å²) in [4.78, 5) is 27.4. The van der Waals surface area contributed by atoms with Crippen molar-refractivity contribution in [3.8, 4) is 5.75 Å². The summed E-state index contributed by atoms with van der Waals surface area (Å²) in [5.74, 6) is -0.844. The minimum atomic E-state index is -4.53. The normalized spacial score (nSPS) is 11.1. The van der Waals surface area contributed by atoms with Crippen molar-refractivity contribution in [3.05, 3.63) is 29.8 Å². The highest BCUT2D eigenvalue weighted by Gasteiger charge is 2.15. The van der Waals surface area contributed by atoms with Crippen LogP contribution in [0.4, 0.5) is 0 Å². The van der Waals surface area contributed by atoms with Gasteiger partial charge in [0.1, 0.15) is 5.75 Å². The Labute approximate surface area is 91.7 Å². The number of phosphoric acid groups is 1. The number of phosphoric ester groups is 1. The third-order valence-corrected chi connectivity index (χ3v) is 2.22. The van der Waals surface area contributed by atoms with Crippen molar-refractivity contribution in [2.24, 2.45) is 0 Å². The van der Waals surface area contributed by atoms with Crippen molar-refractivity contribution in [1.29, 1.82) is 0 Å². The molecule has 88 valence electrons. The first-order chi connectivity index (χ1) is 7.37. The van der Waals surface area contributed by atoms with Crippen LogP contribution in [0, 0.1) is 0 Å². The smallest absolute Gasteiger partial charge is 0.481 e. The van der Waals surface area contributed by atoms with Crippen LogP contribution in [0.3, 0.4) is 0 Å². The summed E-state index contributed by atoms with van der Waals surface area (Å²) >= 11 is 0. The van der Waals surface area contributed by atoms with Crippen LogP contribution in [0.5, 0.6) is 5.75 Å². The highest BCUT2D eigenvalue weighted by atomic mass is 31.2. The summed E-state index contributed by atoms with van der Waals surface area (Å²) in [6.45, 7) is 0. The number of hydrogen-bond donors (Lipinski definition) is 3. The molecule has 0 fully saturated rings. The van der Waals surface area contributed by atoms with E-state index in [4.69, 9.17) is 14.9 Å². The molecule has 7 heteroatoms. The molecule has 1 aromatic carbocycles. The minimum Gasteiger partial charge on any atom is -0.481 e. The molecule has 0 aliphatic carbocycles. The molecule has 0 unspecified atom stereocenters. The molecular weight excluding hydrogens is 235 g/mol. The van der Waals surface area contributed by atoms with E-state index in [1.807, 2.05) is 0 Å². The summed E-state index contributed by atoms with van der Waals surface area (Å²) < 4.78 is 14.8. The number of carbonyl (C=O) groups is 1. The van der Waals surface area contributed by atoms with Crippen LogP contribution in [-0.2, 0) is 15.8 Å². The van der Waals surface area contributed by atoms with Crippen LogP contribution >= 0.6 is 7.82 Å². The van der Waals surface area contributed by atoms with Gasteiger partial charge in [-0.2, -0.15) is 0 Å². The third kappa shape index (κ3) is 4.93. The maximum Gasteiger partial charge on any atom is 0.524 e. The number of aryl methyl sites for hydroxylation is 1. The molecule has 0 saturated carbocycles. The van der Waals surface area contributed by atoms with Gasteiger partial charge in [0.05, 0.1) is 0 Å². The Kier molecular flexibility index (Phi) is 4.06. The van der Waals surface area contributed by atoms with Crippen molar-refractivity contribution in [2.75, 3.05) is 0 Å².